The first-order chi connectivity index (χ1) is 8.59. The fourth-order valence-electron chi connectivity index (χ4n) is 1.68. The van der Waals surface area contributed by atoms with Gasteiger partial charge in [0.05, 0.1) is 6.10 Å². The molecule has 0 fully saturated rings. The molecule has 0 bridgehead atoms. The van der Waals surface area contributed by atoms with Crippen LogP contribution in [0, 0.1) is 5.92 Å². The van der Waals surface area contributed by atoms with Gasteiger partial charge in [0.1, 0.15) is 0 Å². The first-order valence-electron chi connectivity index (χ1n) is 6.58. The van der Waals surface area contributed by atoms with Gasteiger partial charge in [-0.15, -0.1) is 0 Å². The topological polar surface area (TPSA) is 49.3 Å². The Hall–Kier alpha value is -1.35. The van der Waals surface area contributed by atoms with Crippen molar-refractivity contribution in [3.63, 3.8) is 0 Å². The van der Waals surface area contributed by atoms with E-state index < -0.39 is 0 Å². The smallest absolute Gasteiger partial charge is 0.220 e. The molecule has 18 heavy (non-hydrogen) atoms. The van der Waals surface area contributed by atoms with Crippen LogP contribution in [0.15, 0.2) is 30.3 Å². The molecular formula is C15H23NO2. The Bertz CT molecular complexity index is 349. The Labute approximate surface area is 109 Å². The van der Waals surface area contributed by atoms with Crippen LogP contribution < -0.4 is 5.32 Å². The van der Waals surface area contributed by atoms with Crippen molar-refractivity contribution in [2.45, 2.75) is 39.2 Å². The quantitative estimate of drug-likeness (QED) is 0.778. The second-order valence-corrected chi connectivity index (χ2v) is 4.94. The second-order valence-electron chi connectivity index (χ2n) is 4.94. The van der Waals surface area contributed by atoms with Crippen LogP contribution in [0.25, 0.3) is 0 Å². The highest BCUT2D eigenvalue weighted by Gasteiger charge is 2.09. The van der Waals surface area contributed by atoms with E-state index in [-0.39, 0.29) is 17.9 Å². The first-order valence-corrected chi connectivity index (χ1v) is 6.58. The van der Waals surface area contributed by atoms with Crippen LogP contribution >= 0.6 is 0 Å². The van der Waals surface area contributed by atoms with E-state index in [4.69, 9.17) is 0 Å². The van der Waals surface area contributed by atoms with E-state index >= 15 is 0 Å². The van der Waals surface area contributed by atoms with Gasteiger partial charge in [-0.05, 0) is 24.3 Å². The van der Waals surface area contributed by atoms with Crippen molar-refractivity contribution in [1.82, 2.24) is 5.32 Å². The van der Waals surface area contributed by atoms with Gasteiger partial charge >= 0.3 is 0 Å². The Balaban J connectivity index is 2.15. The molecule has 1 unspecified atom stereocenters. The minimum Gasteiger partial charge on any atom is -0.393 e. The van der Waals surface area contributed by atoms with E-state index in [0.29, 0.717) is 19.4 Å². The van der Waals surface area contributed by atoms with Crippen molar-refractivity contribution in [3.05, 3.63) is 35.9 Å². The van der Waals surface area contributed by atoms with E-state index in [0.717, 1.165) is 6.42 Å². The fraction of sp³-hybridized carbons (Fsp3) is 0.533. The Morgan fingerprint density at radius 2 is 1.94 bits per heavy atom. The highest BCUT2D eigenvalue weighted by molar-refractivity contribution is 5.76. The van der Waals surface area contributed by atoms with Gasteiger partial charge in [-0.2, -0.15) is 0 Å². The van der Waals surface area contributed by atoms with Crippen molar-refractivity contribution in [1.29, 1.82) is 0 Å². The number of amides is 1. The lowest BCUT2D eigenvalue weighted by Gasteiger charge is -2.14. The monoisotopic (exact) mass is 249 g/mol. The number of benzene rings is 1. The van der Waals surface area contributed by atoms with E-state index in [1.807, 2.05) is 44.2 Å². The molecule has 0 aliphatic rings. The van der Waals surface area contributed by atoms with Gasteiger partial charge in [0.2, 0.25) is 5.91 Å². The molecule has 0 saturated heterocycles. The van der Waals surface area contributed by atoms with E-state index in [1.165, 1.54) is 5.56 Å². The summed E-state index contributed by atoms with van der Waals surface area (Å²) in [6.07, 6.45) is 1.55. The maximum atomic E-state index is 11.6. The molecule has 0 saturated carbocycles. The molecule has 3 nitrogen and oxygen atoms in total. The normalized spacial score (nSPS) is 12.4. The largest absolute Gasteiger partial charge is 0.393 e. The van der Waals surface area contributed by atoms with Crippen molar-refractivity contribution >= 4 is 5.91 Å². The number of aliphatic hydroxyl groups excluding tert-OH is 1. The summed E-state index contributed by atoms with van der Waals surface area (Å²) >= 11 is 0. The number of aliphatic hydroxyl groups is 1. The van der Waals surface area contributed by atoms with Crippen LogP contribution in [0.4, 0.5) is 0 Å². The molecule has 0 aliphatic heterocycles. The van der Waals surface area contributed by atoms with Crippen LogP contribution in [0.2, 0.25) is 0 Å². The minimum absolute atomic E-state index is 0.0507. The zero-order chi connectivity index (χ0) is 13.4. The van der Waals surface area contributed by atoms with Crippen LogP contribution in [-0.4, -0.2) is 23.7 Å². The van der Waals surface area contributed by atoms with Crippen molar-refractivity contribution in [2.75, 3.05) is 6.54 Å². The summed E-state index contributed by atoms with van der Waals surface area (Å²) in [5, 5.41) is 12.4. The summed E-state index contributed by atoms with van der Waals surface area (Å²) in [4.78, 5) is 11.6. The average Bonchev–Trinajstić information content (AvgIpc) is 2.37. The van der Waals surface area contributed by atoms with Gasteiger partial charge < -0.3 is 10.4 Å². The highest BCUT2D eigenvalue weighted by Crippen LogP contribution is 2.05. The number of rotatable bonds is 7. The lowest BCUT2D eigenvalue weighted by atomic mass is 10.0. The summed E-state index contributed by atoms with van der Waals surface area (Å²) in [7, 11) is 0. The van der Waals surface area contributed by atoms with Gasteiger partial charge in [0.15, 0.2) is 0 Å². The zero-order valence-electron chi connectivity index (χ0n) is 11.2. The third-order valence-corrected chi connectivity index (χ3v) is 3.02. The van der Waals surface area contributed by atoms with Crippen molar-refractivity contribution in [2.24, 2.45) is 5.92 Å². The number of hydrogen-bond donors (Lipinski definition) is 2. The number of nitrogens with one attached hydrogen (secondary N) is 1. The summed E-state index contributed by atoms with van der Waals surface area (Å²) in [5.74, 6) is 0.293. The highest BCUT2D eigenvalue weighted by atomic mass is 16.3. The minimum atomic E-state index is -0.334. The molecule has 1 aromatic rings. The predicted octanol–water partition coefficient (Wildman–Crippen LogP) is 2.14. The summed E-state index contributed by atoms with van der Waals surface area (Å²) < 4.78 is 0. The maximum Gasteiger partial charge on any atom is 0.220 e. The van der Waals surface area contributed by atoms with Crippen molar-refractivity contribution < 1.29 is 9.90 Å². The summed E-state index contributed by atoms with van der Waals surface area (Å²) in [6, 6.07) is 9.97. The average molecular weight is 249 g/mol. The lowest BCUT2D eigenvalue weighted by molar-refractivity contribution is -0.121. The molecule has 3 heteroatoms. The van der Waals surface area contributed by atoms with Gasteiger partial charge in [0.25, 0.3) is 0 Å². The van der Waals surface area contributed by atoms with E-state index in [1.54, 1.807) is 0 Å². The van der Waals surface area contributed by atoms with E-state index in [9.17, 15) is 9.90 Å². The number of carbonyl (C=O) groups is 1. The maximum absolute atomic E-state index is 11.6. The van der Waals surface area contributed by atoms with Crippen LogP contribution in [0.1, 0.15) is 32.3 Å². The van der Waals surface area contributed by atoms with Crippen molar-refractivity contribution in [3.8, 4) is 0 Å². The fourth-order valence-corrected chi connectivity index (χ4v) is 1.68. The molecule has 0 radical (unpaired) electrons. The van der Waals surface area contributed by atoms with Gasteiger partial charge in [0, 0.05) is 13.0 Å². The summed E-state index contributed by atoms with van der Waals surface area (Å²) in [5.41, 5.74) is 1.18. The Morgan fingerprint density at radius 1 is 1.28 bits per heavy atom. The first kappa shape index (κ1) is 14.7. The molecule has 1 atom stereocenters. The van der Waals surface area contributed by atoms with E-state index in [2.05, 4.69) is 5.32 Å². The predicted molar refractivity (Wildman–Crippen MR) is 73.2 cm³/mol. The number of carbonyl (C=O) groups excluding carboxylic acids is 1. The molecule has 2 N–H and O–H groups in total. The molecule has 1 aromatic carbocycles. The Kier molecular flexibility index (Phi) is 6.44. The third-order valence-electron chi connectivity index (χ3n) is 3.02. The van der Waals surface area contributed by atoms with Gasteiger partial charge in [-0.1, -0.05) is 44.2 Å². The molecule has 0 heterocycles. The third kappa shape index (κ3) is 5.82. The Morgan fingerprint density at radius 3 is 2.56 bits per heavy atom. The second kappa shape index (κ2) is 7.88. The van der Waals surface area contributed by atoms with Crippen LogP contribution in [-0.2, 0) is 11.2 Å². The lowest BCUT2D eigenvalue weighted by Crippen LogP contribution is -2.28. The molecule has 0 aliphatic carbocycles. The van der Waals surface area contributed by atoms with Gasteiger partial charge in [-0.25, -0.2) is 0 Å². The molecule has 1 rings (SSSR count). The zero-order valence-corrected chi connectivity index (χ0v) is 11.2. The standard InChI is InChI=1S/C15H23NO2/c1-12(2)14(17)10-11-16-15(18)9-8-13-6-4-3-5-7-13/h3-7,12,14,17H,8-11H2,1-2H3,(H,16,18). The molecule has 0 spiro atoms. The molecule has 0 aromatic heterocycles. The molecule has 100 valence electrons. The van der Waals surface area contributed by atoms with Gasteiger partial charge in [-0.3, -0.25) is 4.79 Å². The SMILES string of the molecule is CC(C)C(O)CCNC(=O)CCc1ccccc1. The molecular weight excluding hydrogens is 226 g/mol. The number of hydrogen-bond acceptors (Lipinski definition) is 2. The number of aryl methyl sites for hydroxylation is 1. The molecule has 1 amide bonds. The van der Waals surface area contributed by atoms with Crippen LogP contribution in [0.3, 0.4) is 0 Å². The van der Waals surface area contributed by atoms with Crippen LogP contribution in [0.5, 0.6) is 0 Å². The summed E-state index contributed by atoms with van der Waals surface area (Å²) in [6.45, 7) is 4.50.